The Bertz CT molecular complexity index is 640. The van der Waals surface area contributed by atoms with Crippen molar-refractivity contribution in [3.05, 3.63) is 40.4 Å². The van der Waals surface area contributed by atoms with Crippen LogP contribution in [0.5, 0.6) is 5.75 Å². The highest BCUT2D eigenvalue weighted by molar-refractivity contribution is 8.04. The number of carbonyl (C=O) groups is 2. The summed E-state index contributed by atoms with van der Waals surface area (Å²) in [6.07, 6.45) is 0.430. The fourth-order valence-electron chi connectivity index (χ4n) is 2.66. The van der Waals surface area contributed by atoms with Crippen LogP contribution in [0.1, 0.15) is 12.5 Å². The maximum absolute atomic E-state index is 12.2. The minimum absolute atomic E-state index is 0.0959. The third-order valence-corrected chi connectivity index (χ3v) is 4.99. The molecule has 0 bridgehead atoms. The van der Waals surface area contributed by atoms with E-state index >= 15 is 0 Å². The molecule has 0 radical (unpaired) electrons. The van der Waals surface area contributed by atoms with Crippen LogP contribution in [-0.4, -0.2) is 32.4 Å². The first-order chi connectivity index (χ1) is 9.50. The standard InChI is InChI=1S/C14H13NO4S/c1-7-11(14(18)19)15-12(17)9(13(15)20-7)6-8-4-2-3-5-10(8)16/h2-5,9,13,16H,6H2,1H3,(H,18,19)/t9?,13-/m0/s1. The number of phenolic OH excluding ortho intramolecular Hbond substituents is 1. The van der Waals surface area contributed by atoms with Crippen LogP contribution in [0.15, 0.2) is 34.9 Å². The van der Waals surface area contributed by atoms with E-state index in [2.05, 4.69) is 0 Å². The lowest BCUT2D eigenvalue weighted by molar-refractivity contribution is -0.151. The number of aliphatic carboxylic acids is 1. The van der Waals surface area contributed by atoms with Crippen molar-refractivity contribution < 1.29 is 19.8 Å². The molecule has 3 rings (SSSR count). The van der Waals surface area contributed by atoms with E-state index in [1.807, 2.05) is 6.07 Å². The maximum Gasteiger partial charge on any atom is 0.353 e. The molecule has 1 unspecified atom stereocenters. The average molecular weight is 291 g/mol. The summed E-state index contributed by atoms with van der Waals surface area (Å²) in [5, 5.41) is 18.7. The van der Waals surface area contributed by atoms with Gasteiger partial charge in [0.1, 0.15) is 11.4 Å². The van der Waals surface area contributed by atoms with Crippen LogP contribution < -0.4 is 0 Å². The van der Waals surface area contributed by atoms with Crippen molar-refractivity contribution in [2.45, 2.75) is 18.7 Å². The molecule has 0 aromatic heterocycles. The summed E-state index contributed by atoms with van der Waals surface area (Å²) >= 11 is 1.41. The Morgan fingerprint density at radius 3 is 2.75 bits per heavy atom. The zero-order chi connectivity index (χ0) is 14.4. The lowest BCUT2D eigenvalue weighted by Gasteiger charge is -2.42. The number of amides is 1. The van der Waals surface area contributed by atoms with Gasteiger partial charge in [-0.05, 0) is 25.0 Å². The van der Waals surface area contributed by atoms with Gasteiger partial charge in [0.05, 0.1) is 11.3 Å². The number of rotatable bonds is 3. The third kappa shape index (κ3) is 1.79. The van der Waals surface area contributed by atoms with Gasteiger partial charge in [-0.25, -0.2) is 4.79 Å². The number of para-hydroxylation sites is 1. The molecule has 1 aromatic rings. The average Bonchev–Trinajstić information content (AvgIpc) is 2.72. The quantitative estimate of drug-likeness (QED) is 0.830. The first-order valence-electron chi connectivity index (χ1n) is 6.21. The molecule has 0 spiro atoms. The van der Waals surface area contributed by atoms with E-state index in [9.17, 15) is 14.7 Å². The van der Waals surface area contributed by atoms with Gasteiger partial charge in [-0.3, -0.25) is 9.69 Å². The molecule has 1 amide bonds. The van der Waals surface area contributed by atoms with Gasteiger partial charge in [-0.1, -0.05) is 18.2 Å². The summed E-state index contributed by atoms with van der Waals surface area (Å²) in [4.78, 5) is 25.3. The fourth-order valence-corrected chi connectivity index (χ4v) is 4.02. The summed E-state index contributed by atoms with van der Waals surface area (Å²) in [6, 6.07) is 6.91. The van der Waals surface area contributed by atoms with Crippen LogP contribution in [0.3, 0.4) is 0 Å². The number of hydrogen-bond acceptors (Lipinski definition) is 4. The number of carbonyl (C=O) groups excluding carboxylic acids is 1. The minimum Gasteiger partial charge on any atom is -0.508 e. The number of aromatic hydroxyl groups is 1. The van der Waals surface area contributed by atoms with Crippen LogP contribution in [0.2, 0.25) is 0 Å². The second-order valence-electron chi connectivity index (χ2n) is 4.87. The first-order valence-corrected chi connectivity index (χ1v) is 7.09. The number of phenols is 1. The Kier molecular flexibility index (Phi) is 2.97. The fraction of sp³-hybridized carbons (Fsp3) is 0.286. The van der Waals surface area contributed by atoms with E-state index in [0.29, 0.717) is 16.9 Å². The number of allylic oxidation sites excluding steroid dienone is 1. The van der Waals surface area contributed by atoms with Crippen molar-refractivity contribution in [1.82, 2.24) is 4.90 Å². The summed E-state index contributed by atoms with van der Waals surface area (Å²) in [6.45, 7) is 1.72. The van der Waals surface area contributed by atoms with Crippen LogP contribution in [0, 0.1) is 5.92 Å². The van der Waals surface area contributed by atoms with E-state index in [0.717, 1.165) is 0 Å². The van der Waals surface area contributed by atoms with Crippen LogP contribution in [-0.2, 0) is 16.0 Å². The Labute approximate surface area is 119 Å². The molecule has 1 aromatic carbocycles. The molecule has 2 aliphatic rings. The van der Waals surface area contributed by atoms with Gasteiger partial charge in [0.15, 0.2) is 0 Å². The Hall–Kier alpha value is -1.95. The van der Waals surface area contributed by atoms with Gasteiger partial charge in [0.2, 0.25) is 5.91 Å². The number of thioether (sulfide) groups is 1. The monoisotopic (exact) mass is 291 g/mol. The van der Waals surface area contributed by atoms with Gasteiger partial charge in [0, 0.05) is 4.91 Å². The Morgan fingerprint density at radius 2 is 2.10 bits per heavy atom. The number of β-lactam (4-membered cyclic amide) rings is 1. The molecule has 2 N–H and O–H groups in total. The van der Waals surface area contributed by atoms with Gasteiger partial charge in [-0.2, -0.15) is 0 Å². The number of carboxylic acids is 1. The van der Waals surface area contributed by atoms with E-state index in [4.69, 9.17) is 5.11 Å². The second kappa shape index (κ2) is 4.56. The van der Waals surface area contributed by atoms with Crippen molar-refractivity contribution in [2.24, 2.45) is 5.92 Å². The van der Waals surface area contributed by atoms with E-state index < -0.39 is 5.97 Å². The second-order valence-corrected chi connectivity index (χ2v) is 6.20. The number of benzene rings is 1. The largest absolute Gasteiger partial charge is 0.508 e. The molecule has 0 aliphatic carbocycles. The number of hydrogen-bond donors (Lipinski definition) is 2. The summed E-state index contributed by atoms with van der Waals surface area (Å²) in [7, 11) is 0. The molecule has 0 saturated carbocycles. The van der Waals surface area contributed by atoms with Gasteiger partial charge in [0.25, 0.3) is 0 Å². The normalized spacial score (nSPS) is 24.6. The van der Waals surface area contributed by atoms with Gasteiger partial charge in [-0.15, -0.1) is 11.8 Å². The SMILES string of the molecule is CC1=C(C(=O)O)N2C(=O)C(Cc3ccccc3O)[C@@H]2S1. The first kappa shape index (κ1) is 13.1. The highest BCUT2D eigenvalue weighted by Crippen LogP contribution is 2.50. The molecular weight excluding hydrogens is 278 g/mol. The molecule has 1 fully saturated rings. The molecule has 2 aliphatic heterocycles. The van der Waals surface area contributed by atoms with Crippen molar-refractivity contribution in [1.29, 1.82) is 0 Å². The summed E-state index contributed by atoms with van der Waals surface area (Å²) < 4.78 is 0. The van der Waals surface area contributed by atoms with Gasteiger partial charge >= 0.3 is 5.97 Å². The molecule has 2 atom stereocenters. The zero-order valence-corrected chi connectivity index (χ0v) is 11.6. The smallest absolute Gasteiger partial charge is 0.353 e. The predicted molar refractivity (Wildman–Crippen MR) is 73.9 cm³/mol. The molecule has 6 heteroatoms. The lowest BCUT2D eigenvalue weighted by atomic mass is 9.89. The molecule has 20 heavy (non-hydrogen) atoms. The Balaban J connectivity index is 1.80. The molecular formula is C14H13NO4S. The van der Waals surface area contributed by atoms with Crippen LogP contribution >= 0.6 is 11.8 Å². The van der Waals surface area contributed by atoms with Crippen LogP contribution in [0.25, 0.3) is 0 Å². The minimum atomic E-state index is -1.06. The molecule has 104 valence electrons. The highest BCUT2D eigenvalue weighted by Gasteiger charge is 2.54. The van der Waals surface area contributed by atoms with E-state index in [1.54, 1.807) is 25.1 Å². The van der Waals surface area contributed by atoms with Crippen LogP contribution in [0.4, 0.5) is 0 Å². The number of fused-ring (bicyclic) bond motifs is 1. The van der Waals surface area contributed by atoms with E-state index in [-0.39, 0.29) is 28.6 Å². The highest BCUT2D eigenvalue weighted by atomic mass is 32.2. The van der Waals surface area contributed by atoms with Crippen molar-refractivity contribution in [3.63, 3.8) is 0 Å². The summed E-state index contributed by atoms with van der Waals surface area (Å²) in [5.74, 6) is -1.35. The van der Waals surface area contributed by atoms with Gasteiger partial charge < -0.3 is 10.2 Å². The number of nitrogens with zero attached hydrogens (tertiary/aromatic N) is 1. The third-order valence-electron chi connectivity index (χ3n) is 3.66. The number of carboxylic acid groups (broad SMARTS) is 1. The van der Waals surface area contributed by atoms with Crippen molar-refractivity contribution >= 4 is 23.6 Å². The topological polar surface area (TPSA) is 77.8 Å². The maximum atomic E-state index is 12.2. The predicted octanol–water partition coefficient (Wildman–Crippen LogP) is 1.78. The molecule has 1 saturated heterocycles. The van der Waals surface area contributed by atoms with Crippen molar-refractivity contribution in [3.8, 4) is 5.75 Å². The van der Waals surface area contributed by atoms with Crippen molar-refractivity contribution in [2.75, 3.05) is 0 Å². The molecule has 2 heterocycles. The zero-order valence-electron chi connectivity index (χ0n) is 10.7. The Morgan fingerprint density at radius 1 is 1.40 bits per heavy atom. The lowest BCUT2D eigenvalue weighted by Crippen LogP contribution is -2.57. The van der Waals surface area contributed by atoms with E-state index in [1.165, 1.54) is 16.7 Å². The summed E-state index contributed by atoms with van der Waals surface area (Å²) in [5.41, 5.74) is 0.811. The molecule has 5 nitrogen and oxygen atoms in total.